The van der Waals surface area contributed by atoms with E-state index in [4.69, 9.17) is 9.15 Å². The summed E-state index contributed by atoms with van der Waals surface area (Å²) in [6, 6.07) is 13.6. The third kappa shape index (κ3) is 5.27. The van der Waals surface area contributed by atoms with Gasteiger partial charge in [0, 0.05) is 27.6 Å². The molecule has 35 heavy (non-hydrogen) atoms. The summed E-state index contributed by atoms with van der Waals surface area (Å²) >= 11 is 3.31. The molecule has 3 aromatic rings. The van der Waals surface area contributed by atoms with Crippen LogP contribution < -0.4 is 21.0 Å². The van der Waals surface area contributed by atoms with Gasteiger partial charge in [0.1, 0.15) is 11.5 Å². The lowest BCUT2D eigenvalue weighted by Gasteiger charge is -2.14. The first-order valence-electron chi connectivity index (χ1n) is 10.9. The number of aryl methyl sites for hydroxylation is 1. The number of hydrazine groups is 1. The van der Waals surface area contributed by atoms with Crippen molar-refractivity contribution in [2.24, 2.45) is 5.10 Å². The van der Waals surface area contributed by atoms with Crippen LogP contribution in [0.2, 0.25) is 0 Å². The topological polar surface area (TPSA) is 122 Å². The molecule has 0 bridgehead atoms. The number of para-hydroxylation sites is 1. The van der Waals surface area contributed by atoms with Gasteiger partial charge in [0.25, 0.3) is 11.8 Å². The van der Waals surface area contributed by atoms with Crippen LogP contribution in [0.25, 0.3) is 0 Å². The maximum absolute atomic E-state index is 12.8. The van der Waals surface area contributed by atoms with Crippen LogP contribution >= 0.6 is 15.9 Å². The molecule has 1 aliphatic rings. The Labute approximate surface area is 210 Å². The SMILES string of the molecule is COc1ccccc1C(=O)N/N=C1\CCCc2oc(C(=O)NNC(=O)c3ccc(Br)cc3)c(C)c21. The van der Waals surface area contributed by atoms with Crippen molar-refractivity contribution in [1.82, 2.24) is 16.3 Å². The van der Waals surface area contributed by atoms with E-state index in [2.05, 4.69) is 37.3 Å². The monoisotopic (exact) mass is 538 g/mol. The first kappa shape index (κ1) is 24.2. The lowest BCUT2D eigenvalue weighted by molar-refractivity contribution is 0.0829. The molecule has 4 rings (SSSR count). The van der Waals surface area contributed by atoms with E-state index in [-0.39, 0.29) is 5.76 Å². The molecule has 0 unspecified atom stereocenters. The second-order valence-electron chi connectivity index (χ2n) is 7.82. The zero-order valence-corrected chi connectivity index (χ0v) is 20.7. The van der Waals surface area contributed by atoms with E-state index in [1.54, 1.807) is 55.5 Å². The number of methoxy groups -OCH3 is 1. The lowest BCUT2D eigenvalue weighted by Crippen LogP contribution is -2.41. The highest BCUT2D eigenvalue weighted by molar-refractivity contribution is 9.10. The molecule has 0 saturated heterocycles. The maximum atomic E-state index is 12.8. The van der Waals surface area contributed by atoms with E-state index in [0.29, 0.717) is 52.3 Å². The van der Waals surface area contributed by atoms with Crippen LogP contribution in [0.4, 0.5) is 0 Å². The summed E-state index contributed by atoms with van der Waals surface area (Å²) < 4.78 is 11.9. The molecule has 0 atom stereocenters. The van der Waals surface area contributed by atoms with Crippen LogP contribution in [0, 0.1) is 6.92 Å². The summed E-state index contributed by atoms with van der Waals surface area (Å²) in [5.74, 6) is -0.309. The van der Waals surface area contributed by atoms with Gasteiger partial charge >= 0.3 is 5.91 Å². The Hall–Kier alpha value is -3.92. The Morgan fingerprint density at radius 1 is 0.971 bits per heavy atom. The number of carbonyl (C=O) groups excluding carboxylic acids is 3. The van der Waals surface area contributed by atoms with Crippen LogP contribution in [0.5, 0.6) is 5.75 Å². The number of carbonyl (C=O) groups is 3. The first-order valence-corrected chi connectivity index (χ1v) is 11.7. The molecular weight excluding hydrogens is 516 g/mol. The van der Waals surface area contributed by atoms with Crippen molar-refractivity contribution in [1.29, 1.82) is 0 Å². The highest BCUT2D eigenvalue weighted by Gasteiger charge is 2.28. The number of furan rings is 1. The van der Waals surface area contributed by atoms with Crippen molar-refractivity contribution in [2.45, 2.75) is 26.2 Å². The number of benzene rings is 2. The number of hydrogen-bond donors (Lipinski definition) is 3. The number of ether oxygens (including phenoxy) is 1. The Morgan fingerprint density at radius 2 is 1.69 bits per heavy atom. The maximum Gasteiger partial charge on any atom is 0.305 e. The van der Waals surface area contributed by atoms with Gasteiger partial charge in [-0.15, -0.1) is 0 Å². The van der Waals surface area contributed by atoms with Gasteiger partial charge in [0.2, 0.25) is 0 Å². The fraction of sp³-hybridized carbons (Fsp3) is 0.200. The number of nitrogens with zero attached hydrogens (tertiary/aromatic N) is 1. The highest BCUT2D eigenvalue weighted by Crippen LogP contribution is 2.30. The summed E-state index contributed by atoms with van der Waals surface area (Å²) in [5.41, 5.74) is 10.0. The van der Waals surface area contributed by atoms with Gasteiger partial charge in [-0.25, -0.2) is 5.43 Å². The largest absolute Gasteiger partial charge is 0.496 e. The molecular formula is C25H23BrN4O5. The lowest BCUT2D eigenvalue weighted by atomic mass is 9.93. The third-order valence-electron chi connectivity index (χ3n) is 5.57. The Balaban J connectivity index is 1.48. The van der Waals surface area contributed by atoms with Crippen molar-refractivity contribution in [3.8, 4) is 5.75 Å². The third-order valence-corrected chi connectivity index (χ3v) is 6.10. The van der Waals surface area contributed by atoms with Crippen molar-refractivity contribution < 1.29 is 23.5 Å². The van der Waals surface area contributed by atoms with Crippen LogP contribution in [-0.4, -0.2) is 30.5 Å². The minimum Gasteiger partial charge on any atom is -0.496 e. The quantitative estimate of drug-likeness (QED) is 0.425. The predicted molar refractivity (Wildman–Crippen MR) is 132 cm³/mol. The molecule has 0 spiro atoms. The second-order valence-corrected chi connectivity index (χ2v) is 8.74. The number of rotatable bonds is 5. The normalized spacial score (nSPS) is 13.6. The molecule has 2 aromatic carbocycles. The molecule has 0 radical (unpaired) electrons. The summed E-state index contributed by atoms with van der Waals surface area (Å²) in [6.07, 6.45) is 2.00. The van der Waals surface area contributed by atoms with Crippen molar-refractivity contribution in [2.75, 3.05) is 7.11 Å². The zero-order valence-electron chi connectivity index (χ0n) is 19.1. The van der Waals surface area contributed by atoms with Gasteiger partial charge in [0.15, 0.2) is 5.76 Å². The average molecular weight is 539 g/mol. The summed E-state index contributed by atoms with van der Waals surface area (Å²) in [7, 11) is 1.49. The molecule has 1 aliphatic carbocycles. The second kappa shape index (κ2) is 10.6. The number of hydrazone groups is 1. The van der Waals surface area contributed by atoms with Crippen LogP contribution in [0.1, 0.15) is 61.0 Å². The van der Waals surface area contributed by atoms with Gasteiger partial charge < -0.3 is 9.15 Å². The first-order chi connectivity index (χ1) is 16.9. The number of halogens is 1. The molecule has 0 saturated carbocycles. The Bertz CT molecular complexity index is 1310. The highest BCUT2D eigenvalue weighted by atomic mass is 79.9. The summed E-state index contributed by atoms with van der Waals surface area (Å²) in [6.45, 7) is 1.75. The van der Waals surface area contributed by atoms with Gasteiger partial charge in [-0.2, -0.15) is 5.10 Å². The van der Waals surface area contributed by atoms with E-state index in [0.717, 1.165) is 10.9 Å². The summed E-state index contributed by atoms with van der Waals surface area (Å²) in [5, 5.41) is 4.33. The fourth-order valence-electron chi connectivity index (χ4n) is 3.85. The number of nitrogens with one attached hydrogen (secondary N) is 3. The number of hydrogen-bond acceptors (Lipinski definition) is 6. The zero-order chi connectivity index (χ0) is 24.9. The number of fused-ring (bicyclic) bond motifs is 1. The standard InChI is InChI=1S/C25H23BrN4O5/c1-14-21-18(27-29-24(32)17-6-3-4-8-19(17)34-2)7-5-9-20(21)35-22(14)25(33)30-28-23(31)15-10-12-16(26)13-11-15/h3-4,6,8,10-13H,5,7,9H2,1-2H3,(H,28,31)(H,29,32)(H,30,33)/b27-18+. The van der Waals surface area contributed by atoms with E-state index in [1.165, 1.54) is 7.11 Å². The van der Waals surface area contributed by atoms with Crippen LogP contribution in [0.3, 0.4) is 0 Å². The van der Waals surface area contributed by atoms with E-state index in [9.17, 15) is 14.4 Å². The van der Waals surface area contributed by atoms with Crippen LogP contribution in [-0.2, 0) is 6.42 Å². The Morgan fingerprint density at radius 3 is 2.43 bits per heavy atom. The van der Waals surface area contributed by atoms with Crippen molar-refractivity contribution >= 4 is 39.4 Å². The van der Waals surface area contributed by atoms with Gasteiger partial charge in [0.05, 0.1) is 18.4 Å². The molecule has 9 nitrogen and oxygen atoms in total. The molecule has 1 aromatic heterocycles. The molecule has 180 valence electrons. The molecule has 3 amide bonds. The van der Waals surface area contributed by atoms with Gasteiger partial charge in [-0.1, -0.05) is 28.1 Å². The molecule has 10 heteroatoms. The molecule has 0 fully saturated rings. The molecule has 1 heterocycles. The molecule has 3 N–H and O–H groups in total. The summed E-state index contributed by atoms with van der Waals surface area (Å²) in [4.78, 5) is 37.7. The van der Waals surface area contributed by atoms with Gasteiger partial charge in [-0.3, -0.25) is 25.2 Å². The van der Waals surface area contributed by atoms with Crippen molar-refractivity contribution in [3.05, 3.63) is 86.8 Å². The fourth-order valence-corrected chi connectivity index (χ4v) is 4.12. The smallest absolute Gasteiger partial charge is 0.305 e. The van der Waals surface area contributed by atoms with E-state index < -0.39 is 17.7 Å². The average Bonchev–Trinajstić information content (AvgIpc) is 3.23. The molecule has 0 aliphatic heterocycles. The minimum atomic E-state index is -0.584. The predicted octanol–water partition coefficient (Wildman–Crippen LogP) is 3.90. The minimum absolute atomic E-state index is 0.0803. The van der Waals surface area contributed by atoms with Crippen molar-refractivity contribution in [3.63, 3.8) is 0 Å². The van der Waals surface area contributed by atoms with E-state index in [1.807, 2.05) is 0 Å². The number of amides is 3. The van der Waals surface area contributed by atoms with Crippen LogP contribution in [0.15, 0.2) is 62.5 Å². The van der Waals surface area contributed by atoms with Gasteiger partial charge in [-0.05, 0) is 56.2 Å². The Kier molecular flexibility index (Phi) is 7.31. The van der Waals surface area contributed by atoms with E-state index >= 15 is 0 Å².